The van der Waals surface area contributed by atoms with Gasteiger partial charge >= 0.3 is 0 Å². The lowest BCUT2D eigenvalue weighted by Gasteiger charge is -2.03. The van der Waals surface area contributed by atoms with Crippen molar-refractivity contribution in [3.05, 3.63) is 18.1 Å². The van der Waals surface area contributed by atoms with Crippen LogP contribution in [0.15, 0.2) is 12.4 Å². The Morgan fingerprint density at radius 2 is 2.15 bits per heavy atom. The largest absolute Gasteiger partial charge is 0.473 e. The minimum absolute atomic E-state index is 0.193. The van der Waals surface area contributed by atoms with Crippen LogP contribution in [-0.4, -0.2) is 30.3 Å². The second kappa shape index (κ2) is 5.06. The predicted octanol–water partition coefficient (Wildman–Crippen LogP) is 0.373. The Bertz CT molecular complexity index is 309. The maximum atomic E-state index is 8.61. The number of hydrogen-bond acceptors (Lipinski definition) is 5. The fraction of sp³-hybridized carbons (Fsp3) is 0.375. The van der Waals surface area contributed by atoms with E-state index < -0.39 is 0 Å². The lowest BCUT2D eigenvalue weighted by atomic mass is 10.5. The molecule has 0 bridgehead atoms. The summed E-state index contributed by atoms with van der Waals surface area (Å²) in [5, 5.41) is 8.61. The van der Waals surface area contributed by atoms with Crippen LogP contribution < -0.4 is 4.74 Å². The summed E-state index contributed by atoms with van der Waals surface area (Å²) in [5.74, 6) is 0.252. The lowest BCUT2D eigenvalue weighted by molar-refractivity contribution is 0.143. The molecule has 0 aliphatic heterocycles. The summed E-state index contributed by atoms with van der Waals surface area (Å²) in [4.78, 5) is 7.65. The summed E-state index contributed by atoms with van der Waals surface area (Å²) in [6.45, 7) is 0.825. The molecule has 1 heterocycles. The second-order valence-electron chi connectivity index (χ2n) is 2.16. The molecule has 0 aliphatic carbocycles. The summed E-state index contributed by atoms with van der Waals surface area (Å²) in [6, 6.07) is 1.88. The highest BCUT2D eigenvalue weighted by Crippen LogP contribution is 2.08. The fourth-order valence-electron chi connectivity index (χ4n) is 0.729. The topological polar surface area (TPSA) is 68.0 Å². The molecule has 0 aromatic carbocycles. The molecule has 68 valence electrons. The molecule has 0 saturated carbocycles. The van der Waals surface area contributed by atoms with Crippen molar-refractivity contribution in [1.29, 1.82) is 5.26 Å². The van der Waals surface area contributed by atoms with Crippen LogP contribution in [-0.2, 0) is 4.74 Å². The van der Waals surface area contributed by atoms with Gasteiger partial charge in [-0.25, -0.2) is 9.97 Å². The monoisotopic (exact) mass is 179 g/mol. The molecule has 5 nitrogen and oxygen atoms in total. The first-order valence-corrected chi connectivity index (χ1v) is 3.71. The standard InChI is InChI=1S/C8H9N3O2/c1-12-4-5-13-8-7(6-9)10-2-3-11-8/h2-3H,4-5H2,1H3. The van der Waals surface area contributed by atoms with E-state index >= 15 is 0 Å². The fourth-order valence-corrected chi connectivity index (χ4v) is 0.729. The van der Waals surface area contributed by atoms with Gasteiger partial charge in [-0.1, -0.05) is 0 Å². The Kier molecular flexibility index (Phi) is 3.67. The molecule has 0 unspecified atom stereocenters. The normalized spacial score (nSPS) is 9.23. The van der Waals surface area contributed by atoms with Crippen LogP contribution in [0.3, 0.4) is 0 Å². The van der Waals surface area contributed by atoms with E-state index in [-0.39, 0.29) is 11.6 Å². The van der Waals surface area contributed by atoms with Crippen molar-refractivity contribution < 1.29 is 9.47 Å². The molecule has 1 aromatic heterocycles. The molecular formula is C8H9N3O2. The van der Waals surface area contributed by atoms with Crippen LogP contribution in [0.25, 0.3) is 0 Å². The van der Waals surface area contributed by atoms with E-state index in [0.29, 0.717) is 13.2 Å². The highest BCUT2D eigenvalue weighted by Gasteiger charge is 2.03. The summed E-state index contributed by atoms with van der Waals surface area (Å²) in [5.41, 5.74) is 0.193. The highest BCUT2D eigenvalue weighted by atomic mass is 16.5. The van der Waals surface area contributed by atoms with Gasteiger partial charge in [-0.15, -0.1) is 0 Å². The van der Waals surface area contributed by atoms with Gasteiger partial charge in [0.2, 0.25) is 5.69 Å². The average molecular weight is 179 g/mol. The Morgan fingerprint density at radius 3 is 2.85 bits per heavy atom. The summed E-state index contributed by atoms with van der Waals surface area (Å²) in [7, 11) is 1.57. The van der Waals surface area contributed by atoms with Gasteiger partial charge in [0.15, 0.2) is 0 Å². The zero-order valence-corrected chi connectivity index (χ0v) is 7.23. The van der Waals surface area contributed by atoms with Crippen LogP contribution in [0.1, 0.15) is 5.69 Å². The summed E-state index contributed by atoms with van der Waals surface area (Å²) >= 11 is 0. The average Bonchev–Trinajstić information content (AvgIpc) is 2.19. The number of rotatable bonds is 4. The number of ether oxygens (including phenoxy) is 2. The number of nitriles is 1. The predicted molar refractivity (Wildman–Crippen MR) is 44.1 cm³/mol. The summed E-state index contributed by atoms with van der Waals surface area (Å²) in [6.07, 6.45) is 2.92. The molecular weight excluding hydrogens is 170 g/mol. The van der Waals surface area contributed by atoms with Crippen molar-refractivity contribution >= 4 is 0 Å². The van der Waals surface area contributed by atoms with Crippen molar-refractivity contribution in [1.82, 2.24) is 9.97 Å². The molecule has 0 fully saturated rings. The minimum atomic E-state index is 0.193. The number of hydrogen-bond donors (Lipinski definition) is 0. The maximum Gasteiger partial charge on any atom is 0.251 e. The first-order chi connectivity index (χ1) is 6.38. The lowest BCUT2D eigenvalue weighted by Crippen LogP contribution is -2.07. The van der Waals surface area contributed by atoms with Crippen LogP contribution in [0.4, 0.5) is 0 Å². The number of methoxy groups -OCH3 is 1. The maximum absolute atomic E-state index is 8.61. The first kappa shape index (κ1) is 9.42. The van der Waals surface area contributed by atoms with Crippen LogP contribution in [0.2, 0.25) is 0 Å². The van der Waals surface area contributed by atoms with Crippen molar-refractivity contribution in [2.24, 2.45) is 0 Å². The Hall–Kier alpha value is -1.67. The van der Waals surface area contributed by atoms with Crippen molar-refractivity contribution in [2.75, 3.05) is 20.3 Å². The van der Waals surface area contributed by atoms with Gasteiger partial charge in [-0.3, -0.25) is 0 Å². The van der Waals surface area contributed by atoms with E-state index in [0.717, 1.165) is 0 Å². The molecule has 1 aromatic rings. The summed E-state index contributed by atoms with van der Waals surface area (Å²) < 4.78 is 9.93. The quantitative estimate of drug-likeness (QED) is 0.625. The molecule has 0 atom stereocenters. The van der Waals surface area contributed by atoms with Gasteiger partial charge in [0.1, 0.15) is 12.7 Å². The van der Waals surface area contributed by atoms with Crippen LogP contribution >= 0.6 is 0 Å². The van der Waals surface area contributed by atoms with Crippen molar-refractivity contribution in [2.45, 2.75) is 0 Å². The van der Waals surface area contributed by atoms with Crippen LogP contribution in [0.5, 0.6) is 5.88 Å². The molecule has 0 aliphatic rings. The highest BCUT2D eigenvalue weighted by molar-refractivity contribution is 5.29. The third kappa shape index (κ3) is 2.69. The third-order valence-corrected chi connectivity index (χ3v) is 1.30. The van der Waals surface area contributed by atoms with E-state index in [1.54, 1.807) is 7.11 Å². The zero-order chi connectivity index (χ0) is 9.52. The van der Waals surface area contributed by atoms with Crippen molar-refractivity contribution in [3.8, 4) is 11.9 Å². The molecule has 0 amide bonds. The van der Waals surface area contributed by atoms with E-state index in [1.807, 2.05) is 6.07 Å². The van der Waals surface area contributed by atoms with Gasteiger partial charge in [0.25, 0.3) is 5.88 Å². The van der Waals surface area contributed by atoms with E-state index in [1.165, 1.54) is 12.4 Å². The van der Waals surface area contributed by atoms with E-state index in [2.05, 4.69) is 9.97 Å². The Morgan fingerprint density at radius 1 is 1.38 bits per heavy atom. The molecule has 0 radical (unpaired) electrons. The SMILES string of the molecule is COCCOc1nccnc1C#N. The Labute approximate surface area is 76.0 Å². The van der Waals surface area contributed by atoms with Gasteiger partial charge < -0.3 is 9.47 Å². The van der Waals surface area contributed by atoms with E-state index in [9.17, 15) is 0 Å². The van der Waals surface area contributed by atoms with Gasteiger partial charge in [-0.2, -0.15) is 5.26 Å². The second-order valence-corrected chi connectivity index (χ2v) is 2.16. The molecule has 0 saturated heterocycles. The van der Waals surface area contributed by atoms with E-state index in [4.69, 9.17) is 14.7 Å². The van der Waals surface area contributed by atoms with Crippen LogP contribution in [0, 0.1) is 11.3 Å². The molecule has 0 N–H and O–H groups in total. The number of nitrogens with zero attached hydrogens (tertiary/aromatic N) is 3. The number of aromatic nitrogens is 2. The first-order valence-electron chi connectivity index (χ1n) is 3.71. The Balaban J connectivity index is 2.60. The molecule has 13 heavy (non-hydrogen) atoms. The molecule has 1 rings (SSSR count). The molecule has 5 heteroatoms. The minimum Gasteiger partial charge on any atom is -0.473 e. The zero-order valence-electron chi connectivity index (χ0n) is 7.23. The van der Waals surface area contributed by atoms with Gasteiger partial charge in [0, 0.05) is 19.5 Å². The third-order valence-electron chi connectivity index (χ3n) is 1.30. The van der Waals surface area contributed by atoms with Gasteiger partial charge in [-0.05, 0) is 0 Å². The molecule has 0 spiro atoms. The smallest absolute Gasteiger partial charge is 0.251 e. The van der Waals surface area contributed by atoms with Gasteiger partial charge in [0.05, 0.1) is 6.61 Å². The van der Waals surface area contributed by atoms with Crippen molar-refractivity contribution in [3.63, 3.8) is 0 Å².